The number of hydrogen-bond donors (Lipinski definition) is 3. The van der Waals surface area contributed by atoms with E-state index in [4.69, 9.17) is 9.05 Å². The second kappa shape index (κ2) is 52.5. The number of aliphatic hydroxyl groups is 1. The average Bonchev–Trinajstić information content (AvgIpc) is 3.34. The van der Waals surface area contributed by atoms with Crippen LogP contribution in [0.2, 0.25) is 0 Å². The van der Waals surface area contributed by atoms with Gasteiger partial charge in [-0.3, -0.25) is 13.8 Å². The number of nitrogens with zero attached hydrogens (tertiary/aromatic N) is 1. The Balaban J connectivity index is 4.43. The number of allylic oxidation sites excluding steroid dienone is 21. The minimum absolute atomic E-state index is 0.0375. The van der Waals surface area contributed by atoms with E-state index < -0.39 is 20.0 Å². The van der Waals surface area contributed by atoms with Crippen molar-refractivity contribution in [1.82, 2.24) is 5.32 Å². The molecule has 3 unspecified atom stereocenters. The number of unbranched alkanes of at least 4 members (excludes halogenated alkanes) is 17. The lowest BCUT2D eigenvalue weighted by Gasteiger charge is -2.25. The SMILES string of the molecule is CC/C=C\C/C=C\C/C=C\C/C=C\C/C=C\C/C=C\C/C=C\C/C=C\C/C=C\CCCC(=O)NC(COP(=O)(O)OCC[N+](C)(C)C)C(O)/C=C/CC/C=C/CCCCCCCCCCCCCCCCC. The highest BCUT2D eigenvalue weighted by atomic mass is 31.2. The molecule has 3 atom stereocenters. The third-order valence-corrected chi connectivity index (χ3v) is 12.8. The zero-order valence-electron chi connectivity index (χ0n) is 46.6. The van der Waals surface area contributed by atoms with Crippen molar-refractivity contribution in [3.05, 3.63) is 134 Å². The van der Waals surface area contributed by atoms with Gasteiger partial charge in [0.2, 0.25) is 5.91 Å². The van der Waals surface area contributed by atoms with Crippen molar-refractivity contribution in [2.24, 2.45) is 0 Å². The monoisotopic (exact) mass is 1020 g/mol. The lowest BCUT2D eigenvalue weighted by molar-refractivity contribution is -0.870. The van der Waals surface area contributed by atoms with E-state index in [2.05, 4.69) is 141 Å². The molecule has 0 fully saturated rings. The van der Waals surface area contributed by atoms with Gasteiger partial charge >= 0.3 is 7.82 Å². The number of hydrogen-bond acceptors (Lipinski definition) is 5. The average molecular weight is 1020 g/mol. The summed E-state index contributed by atoms with van der Waals surface area (Å²) in [6, 6.07) is -0.905. The number of carbonyl (C=O) groups is 1. The van der Waals surface area contributed by atoms with Gasteiger partial charge in [0.25, 0.3) is 0 Å². The van der Waals surface area contributed by atoms with Gasteiger partial charge in [0.1, 0.15) is 13.2 Å². The van der Waals surface area contributed by atoms with E-state index in [1.807, 2.05) is 27.2 Å². The van der Waals surface area contributed by atoms with E-state index in [0.29, 0.717) is 17.4 Å². The second-order valence-electron chi connectivity index (χ2n) is 19.9. The predicted molar refractivity (Wildman–Crippen MR) is 313 cm³/mol. The summed E-state index contributed by atoms with van der Waals surface area (Å²) < 4.78 is 23.6. The molecule has 0 aromatic rings. The Morgan fingerprint density at radius 3 is 1.28 bits per heavy atom. The molecule has 0 saturated heterocycles. The van der Waals surface area contributed by atoms with Crippen LogP contribution in [0.15, 0.2) is 134 Å². The molecule has 1 amide bonds. The van der Waals surface area contributed by atoms with Crippen LogP contribution >= 0.6 is 7.82 Å². The van der Waals surface area contributed by atoms with Crippen LogP contribution < -0.4 is 5.32 Å². The number of nitrogens with one attached hydrogen (secondary N) is 1. The Morgan fingerprint density at radius 1 is 0.486 bits per heavy atom. The van der Waals surface area contributed by atoms with Crippen LogP contribution in [0.1, 0.15) is 206 Å². The second-order valence-corrected chi connectivity index (χ2v) is 21.4. The van der Waals surface area contributed by atoms with Gasteiger partial charge in [-0.25, -0.2) is 4.57 Å². The highest BCUT2D eigenvalue weighted by molar-refractivity contribution is 7.47. The number of phosphoric acid groups is 1. The van der Waals surface area contributed by atoms with E-state index in [-0.39, 0.29) is 25.5 Å². The Hall–Kier alpha value is -3.36. The van der Waals surface area contributed by atoms with E-state index in [0.717, 1.165) is 83.5 Å². The molecule has 0 rings (SSSR count). The maximum atomic E-state index is 13.0. The van der Waals surface area contributed by atoms with Gasteiger partial charge in [0, 0.05) is 6.42 Å². The molecular weight excluding hydrogens is 912 g/mol. The highest BCUT2D eigenvalue weighted by Crippen LogP contribution is 2.43. The predicted octanol–water partition coefficient (Wildman–Crippen LogP) is 17.5. The maximum Gasteiger partial charge on any atom is 0.472 e. The molecule has 0 radical (unpaired) electrons. The summed E-state index contributed by atoms with van der Waals surface area (Å²) in [5.74, 6) is -0.249. The largest absolute Gasteiger partial charge is 0.472 e. The number of carbonyl (C=O) groups excluding carboxylic acids is 1. The Labute approximate surface area is 443 Å². The summed E-state index contributed by atoms with van der Waals surface area (Å²) >= 11 is 0. The molecular formula is C63H108N2O6P+. The first kappa shape index (κ1) is 68.6. The van der Waals surface area contributed by atoms with Crippen LogP contribution in [-0.2, 0) is 18.4 Å². The molecule has 0 spiro atoms. The molecule has 8 nitrogen and oxygen atoms in total. The van der Waals surface area contributed by atoms with Crippen molar-refractivity contribution in [2.75, 3.05) is 40.9 Å². The fourth-order valence-electron chi connectivity index (χ4n) is 7.41. The van der Waals surface area contributed by atoms with Gasteiger partial charge in [-0.05, 0) is 96.3 Å². The van der Waals surface area contributed by atoms with E-state index >= 15 is 0 Å². The molecule has 0 bridgehead atoms. The van der Waals surface area contributed by atoms with Gasteiger partial charge < -0.3 is 19.8 Å². The number of amides is 1. The summed E-state index contributed by atoms with van der Waals surface area (Å²) in [4.78, 5) is 23.3. The summed E-state index contributed by atoms with van der Waals surface area (Å²) in [6.45, 7) is 4.63. The molecule has 0 aliphatic rings. The Morgan fingerprint density at radius 2 is 0.847 bits per heavy atom. The normalized spacial score (nSPS) is 14.9. The molecule has 0 aromatic heterocycles. The molecule has 0 saturated carbocycles. The molecule has 72 heavy (non-hydrogen) atoms. The molecule has 0 aromatic carbocycles. The van der Waals surface area contributed by atoms with Gasteiger partial charge in [0.05, 0.1) is 39.9 Å². The fraction of sp³-hybridized carbons (Fsp3) is 0.635. The molecule has 9 heteroatoms. The van der Waals surface area contributed by atoms with Crippen molar-refractivity contribution < 1.29 is 32.9 Å². The summed E-state index contributed by atoms with van der Waals surface area (Å²) in [7, 11) is 1.50. The zero-order valence-corrected chi connectivity index (χ0v) is 47.5. The minimum Gasteiger partial charge on any atom is -0.387 e. The quantitative estimate of drug-likeness (QED) is 0.0243. The van der Waals surface area contributed by atoms with E-state index in [1.165, 1.54) is 96.3 Å². The van der Waals surface area contributed by atoms with Crippen molar-refractivity contribution >= 4 is 13.7 Å². The molecule has 0 heterocycles. The Bertz CT molecular complexity index is 1630. The van der Waals surface area contributed by atoms with E-state index in [9.17, 15) is 19.4 Å². The summed E-state index contributed by atoms with van der Waals surface area (Å²) in [5, 5.41) is 13.9. The first-order valence-electron chi connectivity index (χ1n) is 28.6. The maximum absolute atomic E-state index is 13.0. The fourth-order valence-corrected chi connectivity index (χ4v) is 8.15. The van der Waals surface area contributed by atoms with Crippen LogP contribution in [0, 0.1) is 0 Å². The van der Waals surface area contributed by atoms with Crippen LogP contribution in [0.3, 0.4) is 0 Å². The first-order valence-corrected chi connectivity index (χ1v) is 30.1. The molecule has 0 aliphatic heterocycles. The zero-order chi connectivity index (χ0) is 52.7. The van der Waals surface area contributed by atoms with Crippen molar-refractivity contribution in [2.45, 2.75) is 219 Å². The number of phosphoric ester groups is 1. The van der Waals surface area contributed by atoms with Crippen molar-refractivity contribution in [1.29, 1.82) is 0 Å². The smallest absolute Gasteiger partial charge is 0.387 e. The van der Waals surface area contributed by atoms with Crippen LogP contribution in [-0.4, -0.2) is 73.4 Å². The molecule has 410 valence electrons. The Kier molecular flexibility index (Phi) is 50.1. The first-order chi connectivity index (χ1) is 35.0. The number of quaternary nitrogens is 1. The van der Waals surface area contributed by atoms with Crippen molar-refractivity contribution in [3.8, 4) is 0 Å². The van der Waals surface area contributed by atoms with Crippen LogP contribution in [0.25, 0.3) is 0 Å². The third kappa shape index (κ3) is 54.4. The van der Waals surface area contributed by atoms with Gasteiger partial charge in [0.15, 0.2) is 0 Å². The van der Waals surface area contributed by atoms with Crippen LogP contribution in [0.4, 0.5) is 0 Å². The summed E-state index contributed by atoms with van der Waals surface area (Å²) in [6.07, 6.45) is 79.9. The van der Waals surface area contributed by atoms with Crippen molar-refractivity contribution in [3.63, 3.8) is 0 Å². The third-order valence-electron chi connectivity index (χ3n) is 11.9. The number of aliphatic hydroxyl groups excluding tert-OH is 1. The number of likely N-dealkylation sites (N-methyl/N-ethyl adjacent to an activating group) is 1. The lowest BCUT2D eigenvalue weighted by atomic mass is 10.0. The summed E-state index contributed by atoms with van der Waals surface area (Å²) in [5.41, 5.74) is 0. The number of rotatable bonds is 50. The molecule has 0 aliphatic carbocycles. The molecule has 3 N–H and O–H groups in total. The standard InChI is InChI=1S/C63H107N2O6P/c1-6-8-10-12-14-16-18-20-22-24-26-28-29-30-31-32-33-34-35-37-39-41-43-45-47-49-51-53-55-57-63(67)64-61(60-71-72(68,69)70-59-58-65(3,4)5)62(66)56-54-52-50-48-46-44-42-40-38-36-27-25-23-21-19-17-15-13-11-9-7-2/h8,10,14,16,20,22,26,28,30-31,33-34,37,39,43,45-46,48-49,51,54,56,61-62,66H,6-7,9,11-13,15,17-19,21,23-25,27,29,32,35-36,38,40-42,44,47,50,52-53,55,57-60H2,1-5H3,(H-,64,67,68,69)/p+1/b10-8-,16-14-,22-20-,28-26-,31-30-,34-33-,39-37-,45-43-,48-46+,51-49-,56-54+. The van der Waals surface area contributed by atoms with Gasteiger partial charge in [-0.2, -0.15) is 0 Å². The van der Waals surface area contributed by atoms with E-state index in [1.54, 1.807) is 6.08 Å². The van der Waals surface area contributed by atoms with Gasteiger partial charge in [-0.1, -0.05) is 237 Å². The minimum atomic E-state index is -4.38. The van der Waals surface area contributed by atoms with Crippen LogP contribution in [0.5, 0.6) is 0 Å². The lowest BCUT2D eigenvalue weighted by Crippen LogP contribution is -2.45. The van der Waals surface area contributed by atoms with Gasteiger partial charge in [-0.15, -0.1) is 0 Å². The topological polar surface area (TPSA) is 105 Å². The highest BCUT2D eigenvalue weighted by Gasteiger charge is 2.27.